The molecule has 4 rings (SSSR count). The van der Waals surface area contributed by atoms with Gasteiger partial charge in [0, 0.05) is 10.6 Å². The molecule has 0 aliphatic heterocycles. The highest BCUT2D eigenvalue weighted by Crippen LogP contribution is 2.23. The van der Waals surface area contributed by atoms with Crippen molar-refractivity contribution >= 4 is 41.5 Å². The van der Waals surface area contributed by atoms with Crippen LogP contribution < -0.4 is 14.7 Å². The van der Waals surface area contributed by atoms with Crippen LogP contribution in [0.3, 0.4) is 0 Å². The number of nitrogens with zero attached hydrogens (tertiary/aromatic N) is 3. The SMILES string of the molecule is COc1ccc(-c2[nH]nc(SCC(=O)NN=Cc3ccccc3C(=O)O)[n+]2-c2ccc(Cl)cc2)cc1. The van der Waals surface area contributed by atoms with Gasteiger partial charge in [0.05, 0.1) is 35.3 Å². The Labute approximate surface area is 215 Å². The Morgan fingerprint density at radius 1 is 1.14 bits per heavy atom. The molecule has 0 bridgehead atoms. The Balaban J connectivity index is 1.51. The van der Waals surface area contributed by atoms with Gasteiger partial charge < -0.3 is 9.84 Å². The minimum absolute atomic E-state index is 0.0262. The molecule has 0 aliphatic carbocycles. The second-order valence-electron chi connectivity index (χ2n) is 7.37. The molecule has 3 aromatic carbocycles. The normalized spacial score (nSPS) is 10.9. The van der Waals surface area contributed by atoms with E-state index in [9.17, 15) is 14.7 Å². The molecule has 1 aromatic heterocycles. The van der Waals surface area contributed by atoms with Crippen molar-refractivity contribution in [3.05, 3.63) is 88.9 Å². The highest BCUT2D eigenvalue weighted by Gasteiger charge is 2.24. The fourth-order valence-electron chi connectivity index (χ4n) is 3.31. The summed E-state index contributed by atoms with van der Waals surface area (Å²) in [5.74, 6) is 0.0242. The number of hydrazone groups is 1. The van der Waals surface area contributed by atoms with Gasteiger partial charge in [0.2, 0.25) is 0 Å². The molecule has 0 saturated carbocycles. The van der Waals surface area contributed by atoms with E-state index in [1.807, 2.05) is 41.0 Å². The van der Waals surface area contributed by atoms with Gasteiger partial charge in [0.25, 0.3) is 11.7 Å². The fraction of sp³-hybridized carbons (Fsp3) is 0.0800. The molecule has 0 aliphatic rings. The molecule has 0 radical (unpaired) electrons. The van der Waals surface area contributed by atoms with Crippen molar-refractivity contribution in [3.8, 4) is 22.8 Å². The summed E-state index contributed by atoms with van der Waals surface area (Å²) in [4.78, 5) is 23.7. The summed E-state index contributed by atoms with van der Waals surface area (Å²) < 4.78 is 7.14. The van der Waals surface area contributed by atoms with Crippen molar-refractivity contribution in [3.63, 3.8) is 0 Å². The molecule has 0 unspecified atom stereocenters. The minimum Gasteiger partial charge on any atom is -0.497 e. The zero-order valence-corrected chi connectivity index (χ0v) is 20.6. The first-order chi connectivity index (χ1) is 17.5. The van der Waals surface area contributed by atoms with E-state index in [1.165, 1.54) is 24.0 Å². The standard InChI is InChI=1S/C25H20ClN5O4S/c1-35-20-12-6-16(7-13-20)23-29-30-25(31(23)19-10-8-18(26)9-11-19)36-15-22(32)28-27-14-17-4-2-3-5-21(17)24(33)34/h2-14H,15H2,1H3,(H2,28,32,33,34)/p+1. The molecule has 0 atom stereocenters. The molecular weight excluding hydrogens is 502 g/mol. The zero-order valence-electron chi connectivity index (χ0n) is 19.0. The number of nitrogens with one attached hydrogen (secondary N) is 2. The third kappa shape index (κ3) is 5.91. The maximum absolute atomic E-state index is 12.4. The number of aromatic amines is 1. The molecule has 0 fully saturated rings. The Morgan fingerprint density at radius 3 is 2.56 bits per heavy atom. The van der Waals surface area contributed by atoms with Gasteiger partial charge in [-0.1, -0.05) is 29.8 Å². The van der Waals surface area contributed by atoms with E-state index in [2.05, 4.69) is 20.7 Å². The lowest BCUT2D eigenvalue weighted by Crippen LogP contribution is -2.34. The van der Waals surface area contributed by atoms with Crippen LogP contribution in [0.25, 0.3) is 17.1 Å². The molecule has 1 amide bonds. The lowest BCUT2D eigenvalue weighted by atomic mass is 10.1. The average Bonchev–Trinajstić information content (AvgIpc) is 3.32. The number of hydrogen-bond donors (Lipinski definition) is 3. The first-order valence-electron chi connectivity index (χ1n) is 10.6. The second kappa shape index (κ2) is 11.5. The highest BCUT2D eigenvalue weighted by molar-refractivity contribution is 7.99. The van der Waals surface area contributed by atoms with Crippen molar-refractivity contribution < 1.29 is 24.0 Å². The summed E-state index contributed by atoms with van der Waals surface area (Å²) in [5, 5.41) is 21.8. The lowest BCUT2D eigenvalue weighted by Gasteiger charge is -2.05. The van der Waals surface area contributed by atoms with Crippen LogP contribution in [0.1, 0.15) is 15.9 Å². The van der Waals surface area contributed by atoms with Gasteiger partial charge in [0.1, 0.15) is 11.4 Å². The van der Waals surface area contributed by atoms with Gasteiger partial charge in [-0.3, -0.25) is 4.79 Å². The first kappa shape index (κ1) is 25.0. The number of aromatic carboxylic acids is 1. The van der Waals surface area contributed by atoms with E-state index in [-0.39, 0.29) is 17.2 Å². The Bertz CT molecular complexity index is 1400. The molecule has 11 heteroatoms. The predicted molar refractivity (Wildman–Crippen MR) is 137 cm³/mol. The van der Waals surface area contributed by atoms with E-state index >= 15 is 0 Å². The van der Waals surface area contributed by atoms with Crippen molar-refractivity contribution in [2.24, 2.45) is 5.10 Å². The predicted octanol–water partition coefficient (Wildman–Crippen LogP) is 3.96. The van der Waals surface area contributed by atoms with E-state index < -0.39 is 5.97 Å². The van der Waals surface area contributed by atoms with Crippen molar-refractivity contribution in [2.75, 3.05) is 12.9 Å². The number of benzene rings is 3. The molecule has 4 aromatic rings. The largest absolute Gasteiger partial charge is 0.497 e. The number of hydrogen-bond acceptors (Lipinski definition) is 6. The Hall–Kier alpha value is -4.15. The summed E-state index contributed by atoms with van der Waals surface area (Å²) in [6.45, 7) is 0. The molecular formula is C25H21ClN5O4S+. The van der Waals surface area contributed by atoms with Crippen molar-refractivity contribution in [2.45, 2.75) is 5.16 Å². The number of carbonyl (C=O) groups is 2. The van der Waals surface area contributed by atoms with Crippen LogP contribution in [0.4, 0.5) is 0 Å². The number of amides is 1. The number of thioether (sulfide) groups is 1. The monoisotopic (exact) mass is 522 g/mol. The van der Waals surface area contributed by atoms with Gasteiger partial charge in [-0.05, 0) is 66.4 Å². The molecule has 0 saturated heterocycles. The van der Waals surface area contributed by atoms with E-state index in [4.69, 9.17) is 16.3 Å². The molecule has 182 valence electrons. The topological polar surface area (TPSA) is 121 Å². The number of H-pyrrole nitrogens is 1. The van der Waals surface area contributed by atoms with Crippen LogP contribution >= 0.6 is 23.4 Å². The third-order valence-electron chi connectivity index (χ3n) is 5.04. The lowest BCUT2D eigenvalue weighted by molar-refractivity contribution is -0.625. The second-order valence-corrected chi connectivity index (χ2v) is 8.75. The van der Waals surface area contributed by atoms with Crippen LogP contribution in [0.15, 0.2) is 83.1 Å². The summed E-state index contributed by atoms with van der Waals surface area (Å²) >= 11 is 7.29. The third-order valence-corrected chi connectivity index (χ3v) is 6.23. The number of carbonyl (C=O) groups excluding carboxylic acids is 1. The summed E-state index contributed by atoms with van der Waals surface area (Å²) in [7, 11) is 1.61. The quantitative estimate of drug-likeness (QED) is 0.132. The van der Waals surface area contributed by atoms with Crippen LogP contribution in [-0.4, -0.2) is 46.3 Å². The Kier molecular flexibility index (Phi) is 7.99. The number of rotatable bonds is 9. The number of carboxylic acid groups (broad SMARTS) is 1. The van der Waals surface area contributed by atoms with E-state index in [0.717, 1.165) is 17.0 Å². The van der Waals surface area contributed by atoms with Crippen LogP contribution in [0, 0.1) is 0 Å². The van der Waals surface area contributed by atoms with Gasteiger partial charge in [-0.15, -0.1) is 5.10 Å². The van der Waals surface area contributed by atoms with Crippen LogP contribution in [-0.2, 0) is 4.79 Å². The Morgan fingerprint density at radius 2 is 1.86 bits per heavy atom. The number of aromatic nitrogens is 3. The van der Waals surface area contributed by atoms with E-state index in [1.54, 1.807) is 37.4 Å². The maximum Gasteiger partial charge on any atom is 0.342 e. The smallest absolute Gasteiger partial charge is 0.342 e. The van der Waals surface area contributed by atoms with Crippen molar-refractivity contribution in [1.82, 2.24) is 15.6 Å². The van der Waals surface area contributed by atoms with Gasteiger partial charge in [-0.2, -0.15) is 9.67 Å². The van der Waals surface area contributed by atoms with Crippen LogP contribution in [0.2, 0.25) is 5.02 Å². The highest BCUT2D eigenvalue weighted by atomic mass is 35.5. The fourth-order valence-corrected chi connectivity index (χ4v) is 4.19. The summed E-state index contributed by atoms with van der Waals surface area (Å²) in [5.41, 5.74) is 4.58. The van der Waals surface area contributed by atoms with Gasteiger partial charge >= 0.3 is 11.1 Å². The van der Waals surface area contributed by atoms with Crippen LogP contribution in [0.5, 0.6) is 5.75 Å². The number of methoxy groups -OCH3 is 1. The van der Waals surface area contributed by atoms with E-state index in [0.29, 0.717) is 21.6 Å². The average molecular weight is 523 g/mol. The molecule has 36 heavy (non-hydrogen) atoms. The van der Waals surface area contributed by atoms with Crippen molar-refractivity contribution in [1.29, 1.82) is 0 Å². The molecule has 0 spiro atoms. The number of halogens is 1. The summed E-state index contributed by atoms with van der Waals surface area (Å²) in [6, 6.07) is 21.2. The molecule has 3 N–H and O–H groups in total. The zero-order chi connectivity index (χ0) is 25.5. The molecule has 1 heterocycles. The first-order valence-corrected chi connectivity index (χ1v) is 12.0. The summed E-state index contributed by atoms with van der Waals surface area (Å²) in [6.07, 6.45) is 1.30. The molecule has 9 nitrogen and oxygen atoms in total. The van der Waals surface area contributed by atoms with Gasteiger partial charge in [-0.25, -0.2) is 10.2 Å². The van der Waals surface area contributed by atoms with Gasteiger partial charge in [0.15, 0.2) is 0 Å². The number of ether oxygens (including phenoxy) is 1. The number of carboxylic acids is 1. The maximum atomic E-state index is 12.4. The minimum atomic E-state index is -1.07.